The van der Waals surface area contributed by atoms with Crippen LogP contribution in [-0.2, 0) is 4.79 Å². The first-order valence-electron chi connectivity index (χ1n) is 7.61. The summed E-state index contributed by atoms with van der Waals surface area (Å²) in [6.45, 7) is 5.33. The Morgan fingerprint density at radius 2 is 2.05 bits per heavy atom. The number of aliphatic hydroxyl groups is 1. The first-order valence-corrected chi connectivity index (χ1v) is 7.61. The summed E-state index contributed by atoms with van der Waals surface area (Å²) in [5.41, 5.74) is 1.15. The molecule has 0 bridgehead atoms. The summed E-state index contributed by atoms with van der Waals surface area (Å²) in [6, 6.07) is 7.88. The van der Waals surface area contributed by atoms with E-state index in [9.17, 15) is 9.90 Å². The molecule has 1 aromatic carbocycles. The Kier molecular flexibility index (Phi) is 5.23. The molecule has 1 aliphatic rings. The molecule has 21 heavy (non-hydrogen) atoms. The normalized spacial score (nSPS) is 21.1. The van der Waals surface area contributed by atoms with Gasteiger partial charge in [0, 0.05) is 25.4 Å². The first-order chi connectivity index (χ1) is 10.0. The van der Waals surface area contributed by atoms with Crippen molar-refractivity contribution in [3.63, 3.8) is 0 Å². The van der Waals surface area contributed by atoms with Gasteiger partial charge >= 0.3 is 0 Å². The molecule has 116 valence electrons. The fourth-order valence-electron chi connectivity index (χ4n) is 2.85. The van der Waals surface area contributed by atoms with Crippen molar-refractivity contribution in [3.8, 4) is 5.75 Å². The van der Waals surface area contributed by atoms with Crippen LogP contribution in [0.2, 0.25) is 0 Å². The Balaban J connectivity index is 1.90. The van der Waals surface area contributed by atoms with Gasteiger partial charge in [-0.25, -0.2) is 0 Å². The van der Waals surface area contributed by atoms with Crippen LogP contribution in [0.3, 0.4) is 0 Å². The summed E-state index contributed by atoms with van der Waals surface area (Å²) in [5, 5.41) is 9.61. The fourth-order valence-corrected chi connectivity index (χ4v) is 2.85. The van der Waals surface area contributed by atoms with Gasteiger partial charge in [0.25, 0.3) is 0 Å². The minimum absolute atomic E-state index is 0.182. The third kappa shape index (κ3) is 3.97. The summed E-state index contributed by atoms with van der Waals surface area (Å²) in [5.74, 6) is 1.43. The zero-order chi connectivity index (χ0) is 15.4. The van der Waals surface area contributed by atoms with Crippen LogP contribution in [0.15, 0.2) is 24.3 Å². The number of rotatable bonds is 5. The van der Waals surface area contributed by atoms with E-state index in [4.69, 9.17) is 4.74 Å². The zero-order valence-corrected chi connectivity index (χ0v) is 13.1. The molecular formula is C17H25NO3. The van der Waals surface area contributed by atoms with Gasteiger partial charge in [-0.2, -0.15) is 0 Å². The molecule has 0 aromatic heterocycles. The predicted molar refractivity (Wildman–Crippen MR) is 82.4 cm³/mol. The summed E-state index contributed by atoms with van der Waals surface area (Å²) < 4.78 is 5.15. The molecule has 1 aromatic rings. The minimum atomic E-state index is -0.332. The molecule has 1 N–H and O–H groups in total. The van der Waals surface area contributed by atoms with E-state index in [2.05, 4.69) is 6.92 Å². The van der Waals surface area contributed by atoms with Crippen molar-refractivity contribution in [1.82, 2.24) is 4.90 Å². The number of aliphatic hydroxyl groups excluding tert-OH is 1. The number of nitrogens with zero attached hydrogens (tertiary/aromatic N) is 1. The molecular weight excluding hydrogens is 266 g/mol. The number of hydrogen-bond acceptors (Lipinski definition) is 3. The first kappa shape index (κ1) is 15.8. The van der Waals surface area contributed by atoms with E-state index in [-0.39, 0.29) is 23.8 Å². The molecule has 1 saturated heterocycles. The van der Waals surface area contributed by atoms with Gasteiger partial charge in [-0.3, -0.25) is 4.79 Å². The summed E-state index contributed by atoms with van der Waals surface area (Å²) in [4.78, 5) is 14.2. The van der Waals surface area contributed by atoms with Crippen molar-refractivity contribution in [2.45, 2.75) is 38.7 Å². The minimum Gasteiger partial charge on any atom is -0.497 e. The number of carbonyl (C=O) groups is 1. The summed E-state index contributed by atoms with van der Waals surface area (Å²) in [6.07, 6.45) is 1.08. The van der Waals surface area contributed by atoms with Crippen LogP contribution in [0.25, 0.3) is 0 Å². The SMILES string of the molecule is COc1ccc(C(C)CC(=O)N2CCC(C(C)O)C2)cc1. The van der Waals surface area contributed by atoms with Gasteiger partial charge in [0.2, 0.25) is 5.91 Å². The number of methoxy groups -OCH3 is 1. The van der Waals surface area contributed by atoms with E-state index in [0.29, 0.717) is 13.0 Å². The molecule has 1 heterocycles. The second kappa shape index (κ2) is 6.94. The molecule has 0 spiro atoms. The molecule has 3 unspecified atom stereocenters. The fraction of sp³-hybridized carbons (Fsp3) is 0.588. The molecule has 3 atom stereocenters. The van der Waals surface area contributed by atoms with Gasteiger partial charge < -0.3 is 14.7 Å². The molecule has 1 aliphatic heterocycles. The molecule has 0 aliphatic carbocycles. The van der Waals surface area contributed by atoms with E-state index in [1.54, 1.807) is 14.0 Å². The maximum absolute atomic E-state index is 12.3. The van der Waals surface area contributed by atoms with Crippen molar-refractivity contribution >= 4 is 5.91 Å². The molecule has 4 nitrogen and oxygen atoms in total. The van der Waals surface area contributed by atoms with Crippen LogP contribution < -0.4 is 4.74 Å². The van der Waals surface area contributed by atoms with Crippen molar-refractivity contribution in [3.05, 3.63) is 29.8 Å². The van der Waals surface area contributed by atoms with Gasteiger partial charge in [-0.05, 0) is 37.0 Å². The maximum Gasteiger partial charge on any atom is 0.223 e. The highest BCUT2D eigenvalue weighted by atomic mass is 16.5. The van der Waals surface area contributed by atoms with Crippen LogP contribution in [0, 0.1) is 5.92 Å². The van der Waals surface area contributed by atoms with Crippen molar-refractivity contribution in [2.24, 2.45) is 5.92 Å². The molecule has 0 radical (unpaired) electrons. The molecule has 2 rings (SSSR count). The Morgan fingerprint density at radius 3 is 2.57 bits per heavy atom. The average molecular weight is 291 g/mol. The number of carbonyl (C=O) groups excluding carboxylic acids is 1. The topological polar surface area (TPSA) is 49.8 Å². The number of benzene rings is 1. The number of likely N-dealkylation sites (tertiary alicyclic amines) is 1. The number of amides is 1. The van der Waals surface area contributed by atoms with Crippen molar-refractivity contribution < 1.29 is 14.6 Å². The quantitative estimate of drug-likeness (QED) is 0.906. The Hall–Kier alpha value is -1.55. The van der Waals surface area contributed by atoms with E-state index in [0.717, 1.165) is 24.3 Å². The summed E-state index contributed by atoms with van der Waals surface area (Å²) in [7, 11) is 1.65. The summed E-state index contributed by atoms with van der Waals surface area (Å²) >= 11 is 0. The van der Waals surface area contributed by atoms with Crippen LogP contribution >= 0.6 is 0 Å². The van der Waals surface area contributed by atoms with Crippen molar-refractivity contribution in [2.75, 3.05) is 20.2 Å². The van der Waals surface area contributed by atoms with E-state index in [1.165, 1.54) is 0 Å². The largest absolute Gasteiger partial charge is 0.497 e. The third-order valence-electron chi connectivity index (χ3n) is 4.43. The highest BCUT2D eigenvalue weighted by Gasteiger charge is 2.29. The smallest absolute Gasteiger partial charge is 0.223 e. The lowest BCUT2D eigenvalue weighted by Gasteiger charge is -2.20. The molecule has 1 amide bonds. The monoisotopic (exact) mass is 291 g/mol. The maximum atomic E-state index is 12.3. The van der Waals surface area contributed by atoms with Crippen LogP contribution in [-0.4, -0.2) is 42.2 Å². The standard InChI is InChI=1S/C17H25NO3/c1-12(14-4-6-16(21-3)7-5-14)10-17(20)18-9-8-15(11-18)13(2)19/h4-7,12-13,15,19H,8-11H2,1-3H3. The third-order valence-corrected chi connectivity index (χ3v) is 4.43. The number of ether oxygens (including phenoxy) is 1. The average Bonchev–Trinajstić information content (AvgIpc) is 2.97. The van der Waals surface area contributed by atoms with Crippen LogP contribution in [0.4, 0.5) is 0 Å². The van der Waals surface area contributed by atoms with Crippen molar-refractivity contribution in [1.29, 1.82) is 0 Å². The lowest BCUT2D eigenvalue weighted by molar-refractivity contribution is -0.130. The van der Waals surface area contributed by atoms with Gasteiger partial charge in [-0.15, -0.1) is 0 Å². The number of hydrogen-bond donors (Lipinski definition) is 1. The van der Waals surface area contributed by atoms with Gasteiger partial charge in [0.1, 0.15) is 5.75 Å². The Morgan fingerprint density at radius 1 is 1.38 bits per heavy atom. The van der Waals surface area contributed by atoms with Crippen LogP contribution in [0.1, 0.15) is 38.2 Å². The molecule has 4 heteroatoms. The highest BCUT2D eigenvalue weighted by Crippen LogP contribution is 2.25. The zero-order valence-electron chi connectivity index (χ0n) is 13.1. The van der Waals surface area contributed by atoms with E-state index in [1.807, 2.05) is 29.2 Å². The van der Waals surface area contributed by atoms with Gasteiger partial charge in [0.05, 0.1) is 13.2 Å². The highest BCUT2D eigenvalue weighted by molar-refractivity contribution is 5.77. The second-order valence-corrected chi connectivity index (χ2v) is 6.01. The second-order valence-electron chi connectivity index (χ2n) is 6.01. The van der Waals surface area contributed by atoms with Gasteiger partial charge in [0.15, 0.2) is 0 Å². The lowest BCUT2D eigenvalue weighted by Crippen LogP contribution is -2.31. The van der Waals surface area contributed by atoms with Crippen LogP contribution in [0.5, 0.6) is 5.75 Å². The van der Waals surface area contributed by atoms with E-state index < -0.39 is 0 Å². The molecule has 0 saturated carbocycles. The molecule has 1 fully saturated rings. The predicted octanol–water partition coefficient (Wildman–Crippen LogP) is 2.42. The van der Waals surface area contributed by atoms with Gasteiger partial charge in [-0.1, -0.05) is 19.1 Å². The lowest BCUT2D eigenvalue weighted by atomic mass is 9.97. The Bertz CT molecular complexity index is 469. The van der Waals surface area contributed by atoms with E-state index >= 15 is 0 Å². The Labute approximate surface area is 126 Å².